The molecular weight excluding hydrogens is 509 g/mol. The first-order valence-electron chi connectivity index (χ1n) is 9.59. The van der Waals surface area contributed by atoms with Crippen LogP contribution in [-0.4, -0.2) is 29.5 Å². The molecule has 0 saturated heterocycles. The third kappa shape index (κ3) is 7.24. The predicted octanol–water partition coefficient (Wildman–Crippen LogP) is 4.78. The van der Waals surface area contributed by atoms with Crippen LogP contribution in [0.1, 0.15) is 26.6 Å². The quantitative estimate of drug-likeness (QED) is 0.258. The molecule has 0 aliphatic heterocycles. The molecule has 0 saturated carbocycles. The van der Waals surface area contributed by atoms with Crippen molar-refractivity contribution in [3.05, 3.63) is 69.3 Å². The summed E-state index contributed by atoms with van der Waals surface area (Å²) in [5, 5.41) is 7.78. The maximum absolute atomic E-state index is 5.91. The highest BCUT2D eigenvalue weighted by molar-refractivity contribution is 14.0. The summed E-state index contributed by atoms with van der Waals surface area (Å²) < 4.78 is 5.91. The van der Waals surface area contributed by atoms with Gasteiger partial charge in [-0.25, -0.2) is 9.97 Å². The van der Waals surface area contributed by atoms with Gasteiger partial charge in [0.1, 0.15) is 5.75 Å². The number of ether oxygens (including phenoxy) is 1. The minimum Gasteiger partial charge on any atom is -0.439 e. The van der Waals surface area contributed by atoms with Crippen LogP contribution in [0.25, 0.3) is 0 Å². The van der Waals surface area contributed by atoms with Crippen LogP contribution in [0.15, 0.2) is 47.7 Å². The molecular formula is C22H28IN5OS. The van der Waals surface area contributed by atoms with E-state index in [9.17, 15) is 0 Å². The molecule has 8 heteroatoms. The smallest absolute Gasteiger partial charge is 0.219 e. The van der Waals surface area contributed by atoms with E-state index >= 15 is 0 Å². The number of rotatable bonds is 7. The van der Waals surface area contributed by atoms with Crippen LogP contribution < -0.4 is 15.4 Å². The van der Waals surface area contributed by atoms with E-state index < -0.39 is 0 Å². The molecule has 0 spiro atoms. The summed E-state index contributed by atoms with van der Waals surface area (Å²) in [4.78, 5) is 14.2. The zero-order valence-electron chi connectivity index (χ0n) is 17.7. The van der Waals surface area contributed by atoms with E-state index in [1.165, 1.54) is 16.0 Å². The van der Waals surface area contributed by atoms with Gasteiger partial charge in [-0.1, -0.05) is 6.07 Å². The van der Waals surface area contributed by atoms with Gasteiger partial charge in [-0.15, -0.1) is 35.3 Å². The minimum atomic E-state index is 0. The Kier molecular flexibility index (Phi) is 9.51. The highest BCUT2D eigenvalue weighted by Gasteiger charge is 2.04. The summed E-state index contributed by atoms with van der Waals surface area (Å²) in [5.41, 5.74) is 3.51. The lowest BCUT2D eigenvalue weighted by atomic mass is 10.1. The fourth-order valence-corrected chi connectivity index (χ4v) is 3.51. The second kappa shape index (κ2) is 11.8. The van der Waals surface area contributed by atoms with Crippen LogP contribution in [0.2, 0.25) is 0 Å². The number of hydrogen-bond donors (Lipinski definition) is 2. The number of aliphatic imine (C=N–C) groups is 1. The van der Waals surface area contributed by atoms with Gasteiger partial charge in [0.05, 0.1) is 5.01 Å². The molecule has 0 aliphatic carbocycles. The van der Waals surface area contributed by atoms with Crippen molar-refractivity contribution < 1.29 is 4.74 Å². The van der Waals surface area contributed by atoms with E-state index in [4.69, 9.17) is 4.74 Å². The van der Waals surface area contributed by atoms with Crippen LogP contribution in [0.3, 0.4) is 0 Å². The fraction of sp³-hybridized carbons (Fsp3) is 0.318. The van der Waals surface area contributed by atoms with E-state index in [-0.39, 0.29) is 24.0 Å². The van der Waals surface area contributed by atoms with Crippen molar-refractivity contribution in [2.75, 3.05) is 13.6 Å². The average molecular weight is 537 g/mol. The van der Waals surface area contributed by atoms with E-state index in [0.717, 1.165) is 35.2 Å². The van der Waals surface area contributed by atoms with Crippen LogP contribution in [0.5, 0.6) is 11.6 Å². The molecule has 3 aromatic rings. The number of aryl methyl sites for hydroxylation is 3. The average Bonchev–Trinajstić information content (AvgIpc) is 3.13. The maximum Gasteiger partial charge on any atom is 0.219 e. The Hall–Kier alpha value is -2.20. The first-order chi connectivity index (χ1) is 14.0. The molecule has 1 aromatic carbocycles. The number of benzene rings is 1. The number of pyridine rings is 1. The van der Waals surface area contributed by atoms with Gasteiger partial charge in [-0.3, -0.25) is 4.99 Å². The van der Waals surface area contributed by atoms with Crippen molar-refractivity contribution >= 4 is 41.3 Å². The van der Waals surface area contributed by atoms with Gasteiger partial charge < -0.3 is 15.4 Å². The van der Waals surface area contributed by atoms with E-state index in [0.29, 0.717) is 12.4 Å². The van der Waals surface area contributed by atoms with Crippen molar-refractivity contribution in [2.45, 2.75) is 33.7 Å². The number of hydrogen-bond acceptors (Lipinski definition) is 5. The molecule has 0 amide bonds. The zero-order valence-corrected chi connectivity index (χ0v) is 20.9. The van der Waals surface area contributed by atoms with Crippen molar-refractivity contribution in [2.24, 2.45) is 4.99 Å². The summed E-state index contributed by atoms with van der Waals surface area (Å²) in [6.07, 6.45) is 4.55. The predicted molar refractivity (Wildman–Crippen MR) is 134 cm³/mol. The SMILES string of the molecule is CN=C(NCCc1ncc(C)s1)NCc1ccnc(Oc2ccc(C)c(C)c2)c1.I. The molecule has 6 nitrogen and oxygen atoms in total. The normalized spacial score (nSPS) is 11.0. The van der Waals surface area contributed by atoms with Crippen LogP contribution >= 0.6 is 35.3 Å². The first-order valence-corrected chi connectivity index (χ1v) is 10.4. The monoisotopic (exact) mass is 537 g/mol. The number of thiazole rings is 1. The fourth-order valence-electron chi connectivity index (χ4n) is 2.73. The van der Waals surface area contributed by atoms with Crippen LogP contribution in [0.4, 0.5) is 0 Å². The van der Waals surface area contributed by atoms with Crippen molar-refractivity contribution in [1.29, 1.82) is 0 Å². The largest absolute Gasteiger partial charge is 0.439 e. The summed E-state index contributed by atoms with van der Waals surface area (Å²) in [6, 6.07) is 9.95. The second-order valence-corrected chi connectivity index (χ2v) is 8.14. The molecule has 0 fully saturated rings. The number of nitrogens with one attached hydrogen (secondary N) is 2. The first kappa shape index (κ1) is 24.1. The number of halogens is 1. The lowest BCUT2D eigenvalue weighted by molar-refractivity contribution is 0.461. The molecule has 160 valence electrons. The summed E-state index contributed by atoms with van der Waals surface area (Å²) in [7, 11) is 1.77. The van der Waals surface area contributed by atoms with Gasteiger partial charge in [0, 0.05) is 49.9 Å². The highest BCUT2D eigenvalue weighted by atomic mass is 127. The summed E-state index contributed by atoms with van der Waals surface area (Å²) >= 11 is 1.73. The van der Waals surface area contributed by atoms with Gasteiger partial charge in [0.15, 0.2) is 5.96 Å². The summed E-state index contributed by atoms with van der Waals surface area (Å²) in [5.74, 6) is 2.13. The molecule has 2 aromatic heterocycles. The Bertz CT molecular complexity index is 989. The topological polar surface area (TPSA) is 71.4 Å². The number of aromatic nitrogens is 2. The molecule has 0 radical (unpaired) electrons. The molecule has 3 rings (SSSR count). The van der Waals surface area contributed by atoms with Gasteiger partial charge in [0.2, 0.25) is 5.88 Å². The van der Waals surface area contributed by atoms with Gasteiger partial charge >= 0.3 is 0 Å². The third-order valence-electron chi connectivity index (χ3n) is 4.48. The Balaban J connectivity index is 0.00000320. The lowest BCUT2D eigenvalue weighted by Gasteiger charge is -2.12. The minimum absolute atomic E-state index is 0. The maximum atomic E-state index is 5.91. The van der Waals surface area contributed by atoms with Crippen LogP contribution in [-0.2, 0) is 13.0 Å². The van der Waals surface area contributed by atoms with Gasteiger partial charge in [-0.05, 0) is 55.7 Å². The standard InChI is InChI=1S/C22H27N5OS.HI/c1-15-5-6-19(11-16(15)2)28-20-12-18(7-9-24-20)14-27-22(23-4)25-10-8-21-26-13-17(3)29-21;/h5-7,9,11-13H,8,10,14H2,1-4H3,(H2,23,25,27);1H. The van der Waals surface area contributed by atoms with E-state index in [1.807, 2.05) is 30.5 Å². The third-order valence-corrected chi connectivity index (χ3v) is 5.46. The van der Waals surface area contributed by atoms with E-state index in [1.54, 1.807) is 24.6 Å². The Morgan fingerprint density at radius 1 is 1.07 bits per heavy atom. The lowest BCUT2D eigenvalue weighted by Crippen LogP contribution is -2.37. The zero-order chi connectivity index (χ0) is 20.6. The molecule has 0 unspecified atom stereocenters. The second-order valence-electron chi connectivity index (χ2n) is 6.82. The van der Waals surface area contributed by atoms with Gasteiger partial charge in [-0.2, -0.15) is 0 Å². The summed E-state index contributed by atoms with van der Waals surface area (Å²) in [6.45, 7) is 7.64. The van der Waals surface area contributed by atoms with Crippen LogP contribution in [0, 0.1) is 20.8 Å². The molecule has 2 heterocycles. The van der Waals surface area contributed by atoms with E-state index in [2.05, 4.69) is 52.4 Å². The Labute approximate surface area is 199 Å². The number of nitrogens with zero attached hydrogens (tertiary/aromatic N) is 3. The highest BCUT2D eigenvalue weighted by Crippen LogP contribution is 2.22. The Morgan fingerprint density at radius 2 is 1.90 bits per heavy atom. The molecule has 2 N–H and O–H groups in total. The molecule has 0 bridgehead atoms. The van der Waals surface area contributed by atoms with Crippen molar-refractivity contribution in [3.8, 4) is 11.6 Å². The number of guanidine groups is 1. The van der Waals surface area contributed by atoms with Gasteiger partial charge in [0.25, 0.3) is 0 Å². The Morgan fingerprint density at radius 3 is 2.60 bits per heavy atom. The molecule has 30 heavy (non-hydrogen) atoms. The van der Waals surface area contributed by atoms with Crippen molar-refractivity contribution in [3.63, 3.8) is 0 Å². The molecule has 0 aliphatic rings. The van der Waals surface area contributed by atoms with Crippen molar-refractivity contribution in [1.82, 2.24) is 20.6 Å². The molecule has 0 atom stereocenters.